The molecule has 1 atom stereocenters. The zero-order valence-corrected chi connectivity index (χ0v) is 15.6. The summed E-state index contributed by atoms with van der Waals surface area (Å²) in [6.07, 6.45) is 1.74. The highest BCUT2D eigenvalue weighted by atomic mass is 16.5. The molecule has 23 heavy (non-hydrogen) atoms. The Bertz CT molecular complexity index is 331. The number of hydrogen-bond acceptors (Lipinski definition) is 5. The van der Waals surface area contributed by atoms with Crippen molar-refractivity contribution in [3.8, 4) is 0 Å². The lowest BCUT2D eigenvalue weighted by Crippen LogP contribution is -2.49. The predicted molar refractivity (Wildman–Crippen MR) is 94.9 cm³/mol. The van der Waals surface area contributed by atoms with Crippen LogP contribution in [0.4, 0.5) is 0 Å². The summed E-state index contributed by atoms with van der Waals surface area (Å²) < 4.78 is 5.92. The molecule has 136 valence electrons. The number of nitrogens with zero attached hydrogens (tertiary/aromatic N) is 3. The summed E-state index contributed by atoms with van der Waals surface area (Å²) in [7, 11) is 0. The Morgan fingerprint density at radius 2 is 1.57 bits per heavy atom. The molecule has 2 heterocycles. The number of hydrogen-bond donors (Lipinski definition) is 1. The molecule has 0 aromatic rings. The van der Waals surface area contributed by atoms with E-state index in [9.17, 15) is 5.11 Å². The van der Waals surface area contributed by atoms with Crippen molar-refractivity contribution in [2.75, 3.05) is 59.0 Å². The molecule has 2 saturated heterocycles. The van der Waals surface area contributed by atoms with Crippen LogP contribution in [0.25, 0.3) is 0 Å². The fourth-order valence-corrected chi connectivity index (χ4v) is 3.50. The van der Waals surface area contributed by atoms with E-state index < -0.39 is 5.60 Å². The smallest absolute Gasteiger partial charge is 0.0644 e. The van der Waals surface area contributed by atoms with Crippen LogP contribution in [-0.4, -0.2) is 96.5 Å². The van der Waals surface area contributed by atoms with E-state index in [-0.39, 0.29) is 0 Å². The first-order valence-electron chi connectivity index (χ1n) is 9.38. The number of piperidine rings is 1. The minimum Gasteiger partial charge on any atom is -0.390 e. The molecule has 0 aromatic heterocycles. The standard InChI is InChI=1S/C18H37N3O2/c1-16(2)20-11-9-19(10-12-20)13-14-23-15-17(3)21-7-5-18(4,22)6-8-21/h16-17,22H,5-15H2,1-4H3. The van der Waals surface area contributed by atoms with Gasteiger partial charge in [0.1, 0.15) is 0 Å². The van der Waals surface area contributed by atoms with Gasteiger partial charge in [0.15, 0.2) is 0 Å². The van der Waals surface area contributed by atoms with Crippen molar-refractivity contribution in [1.82, 2.24) is 14.7 Å². The Balaban J connectivity index is 1.54. The van der Waals surface area contributed by atoms with E-state index in [1.165, 1.54) is 13.1 Å². The highest BCUT2D eigenvalue weighted by Gasteiger charge is 2.29. The molecule has 0 spiro atoms. The van der Waals surface area contributed by atoms with Crippen molar-refractivity contribution in [3.63, 3.8) is 0 Å². The van der Waals surface area contributed by atoms with Gasteiger partial charge in [-0.1, -0.05) is 0 Å². The molecule has 2 aliphatic heterocycles. The quantitative estimate of drug-likeness (QED) is 0.713. The SMILES string of the molecule is CC(C)N1CCN(CCOCC(C)N2CCC(C)(O)CC2)CC1. The molecule has 5 nitrogen and oxygen atoms in total. The first-order chi connectivity index (χ1) is 10.9. The summed E-state index contributed by atoms with van der Waals surface area (Å²) in [5, 5.41) is 10.0. The van der Waals surface area contributed by atoms with E-state index in [4.69, 9.17) is 4.74 Å². The van der Waals surface area contributed by atoms with Gasteiger partial charge >= 0.3 is 0 Å². The van der Waals surface area contributed by atoms with Gasteiger partial charge in [0.2, 0.25) is 0 Å². The Morgan fingerprint density at radius 1 is 0.957 bits per heavy atom. The number of ether oxygens (including phenoxy) is 1. The fourth-order valence-electron chi connectivity index (χ4n) is 3.50. The predicted octanol–water partition coefficient (Wildman–Crippen LogP) is 1.26. The van der Waals surface area contributed by atoms with Crippen molar-refractivity contribution >= 4 is 0 Å². The van der Waals surface area contributed by atoms with E-state index in [0.29, 0.717) is 12.1 Å². The van der Waals surface area contributed by atoms with Crippen LogP contribution in [0.2, 0.25) is 0 Å². The molecule has 1 unspecified atom stereocenters. The lowest BCUT2D eigenvalue weighted by Gasteiger charge is -2.39. The topological polar surface area (TPSA) is 39.2 Å². The highest BCUT2D eigenvalue weighted by molar-refractivity contribution is 4.83. The fraction of sp³-hybridized carbons (Fsp3) is 1.00. The molecule has 0 amide bonds. The average Bonchev–Trinajstić information content (AvgIpc) is 2.51. The average molecular weight is 328 g/mol. The molecule has 0 aromatic carbocycles. The molecular formula is C18H37N3O2. The van der Waals surface area contributed by atoms with Gasteiger partial charge in [-0.05, 0) is 40.5 Å². The van der Waals surface area contributed by atoms with Gasteiger partial charge in [-0.3, -0.25) is 14.7 Å². The molecule has 0 aliphatic carbocycles. The molecule has 2 aliphatic rings. The first-order valence-corrected chi connectivity index (χ1v) is 9.38. The highest BCUT2D eigenvalue weighted by Crippen LogP contribution is 2.22. The zero-order chi connectivity index (χ0) is 16.9. The maximum Gasteiger partial charge on any atom is 0.0644 e. The summed E-state index contributed by atoms with van der Waals surface area (Å²) >= 11 is 0. The molecule has 0 radical (unpaired) electrons. The van der Waals surface area contributed by atoms with Crippen molar-refractivity contribution in [3.05, 3.63) is 0 Å². The van der Waals surface area contributed by atoms with Crippen LogP contribution in [0.5, 0.6) is 0 Å². The molecule has 1 N–H and O–H groups in total. The summed E-state index contributed by atoms with van der Waals surface area (Å²) in [5.74, 6) is 0. The van der Waals surface area contributed by atoms with Gasteiger partial charge in [-0.25, -0.2) is 0 Å². The Hall–Kier alpha value is -0.200. The Labute approximate surface area is 142 Å². The third-order valence-electron chi connectivity index (χ3n) is 5.55. The van der Waals surface area contributed by atoms with Crippen molar-refractivity contribution in [1.29, 1.82) is 0 Å². The molecule has 0 saturated carbocycles. The maximum atomic E-state index is 10.0. The van der Waals surface area contributed by atoms with Gasteiger partial charge in [0, 0.05) is 57.9 Å². The molecular weight excluding hydrogens is 290 g/mol. The summed E-state index contributed by atoms with van der Waals surface area (Å²) in [4.78, 5) is 7.51. The normalized spacial score (nSPS) is 25.8. The summed E-state index contributed by atoms with van der Waals surface area (Å²) in [5.41, 5.74) is -0.463. The molecule has 2 rings (SSSR count). The summed E-state index contributed by atoms with van der Waals surface area (Å²) in [6, 6.07) is 1.11. The Morgan fingerprint density at radius 3 is 2.13 bits per heavy atom. The number of piperazine rings is 1. The van der Waals surface area contributed by atoms with E-state index in [0.717, 1.165) is 58.8 Å². The van der Waals surface area contributed by atoms with Crippen molar-refractivity contribution < 1.29 is 9.84 Å². The second kappa shape index (κ2) is 8.77. The monoisotopic (exact) mass is 327 g/mol. The maximum absolute atomic E-state index is 10.0. The van der Waals surface area contributed by atoms with Gasteiger partial charge in [-0.2, -0.15) is 0 Å². The van der Waals surface area contributed by atoms with Crippen LogP contribution in [0.1, 0.15) is 40.5 Å². The lowest BCUT2D eigenvalue weighted by atomic mass is 9.93. The van der Waals surface area contributed by atoms with Gasteiger partial charge < -0.3 is 9.84 Å². The number of rotatable bonds is 7. The lowest BCUT2D eigenvalue weighted by molar-refractivity contribution is -0.0291. The van der Waals surface area contributed by atoms with E-state index in [2.05, 4.69) is 35.5 Å². The van der Waals surface area contributed by atoms with Crippen molar-refractivity contribution in [2.24, 2.45) is 0 Å². The molecule has 0 bridgehead atoms. The minimum atomic E-state index is -0.463. The van der Waals surface area contributed by atoms with Crippen LogP contribution in [-0.2, 0) is 4.74 Å². The number of aliphatic hydroxyl groups is 1. The third kappa shape index (κ3) is 6.31. The van der Waals surface area contributed by atoms with Crippen molar-refractivity contribution in [2.45, 2.75) is 58.2 Å². The van der Waals surface area contributed by atoms with Crippen LogP contribution in [0.3, 0.4) is 0 Å². The van der Waals surface area contributed by atoms with Crippen LogP contribution < -0.4 is 0 Å². The van der Waals surface area contributed by atoms with E-state index in [1.54, 1.807) is 0 Å². The van der Waals surface area contributed by atoms with Crippen LogP contribution in [0.15, 0.2) is 0 Å². The number of likely N-dealkylation sites (tertiary alicyclic amines) is 1. The minimum absolute atomic E-state index is 0.448. The van der Waals surface area contributed by atoms with Crippen LogP contribution >= 0.6 is 0 Å². The van der Waals surface area contributed by atoms with Gasteiger partial charge in [0.05, 0.1) is 18.8 Å². The third-order valence-corrected chi connectivity index (χ3v) is 5.55. The zero-order valence-electron chi connectivity index (χ0n) is 15.6. The van der Waals surface area contributed by atoms with Gasteiger partial charge in [0.25, 0.3) is 0 Å². The second-order valence-corrected chi connectivity index (χ2v) is 7.93. The summed E-state index contributed by atoms with van der Waals surface area (Å²) in [6.45, 7) is 18.1. The molecule has 5 heteroatoms. The van der Waals surface area contributed by atoms with E-state index in [1.807, 2.05) is 6.92 Å². The van der Waals surface area contributed by atoms with E-state index >= 15 is 0 Å². The largest absolute Gasteiger partial charge is 0.390 e. The van der Waals surface area contributed by atoms with Crippen LogP contribution in [0, 0.1) is 0 Å². The second-order valence-electron chi connectivity index (χ2n) is 7.93. The molecule has 2 fully saturated rings. The van der Waals surface area contributed by atoms with Gasteiger partial charge in [-0.15, -0.1) is 0 Å². The Kier molecular flexibility index (Phi) is 7.29. The first kappa shape index (κ1) is 19.1.